The van der Waals surface area contributed by atoms with E-state index in [9.17, 15) is 9.59 Å². The molecule has 0 atom stereocenters. The second-order valence-corrected chi connectivity index (χ2v) is 4.07. The number of anilines is 1. The van der Waals surface area contributed by atoms with Gasteiger partial charge in [-0.05, 0) is 30.7 Å². The van der Waals surface area contributed by atoms with Gasteiger partial charge in [0.1, 0.15) is 5.82 Å². The predicted molar refractivity (Wildman–Crippen MR) is 70.1 cm³/mol. The van der Waals surface area contributed by atoms with E-state index in [0.29, 0.717) is 12.2 Å². The van der Waals surface area contributed by atoms with Crippen LogP contribution in [-0.2, 0) is 0 Å². The molecule has 0 spiro atoms. The summed E-state index contributed by atoms with van der Waals surface area (Å²) >= 11 is 0. The zero-order valence-electron chi connectivity index (χ0n) is 10.8. The third kappa shape index (κ3) is 3.04. The molecule has 0 bridgehead atoms. The Labute approximate surface area is 110 Å². The maximum Gasteiger partial charge on any atom is 0.277 e. The van der Waals surface area contributed by atoms with Crippen molar-refractivity contribution in [3.63, 3.8) is 0 Å². The van der Waals surface area contributed by atoms with Gasteiger partial charge in [0.15, 0.2) is 5.69 Å². The highest BCUT2D eigenvalue weighted by atomic mass is 16.2. The first kappa shape index (κ1) is 12.9. The number of nitrogens with zero attached hydrogens (tertiary/aromatic N) is 3. The van der Waals surface area contributed by atoms with Crippen LogP contribution in [0.5, 0.6) is 0 Å². The number of aromatic nitrogens is 3. The van der Waals surface area contributed by atoms with Gasteiger partial charge in [-0.25, -0.2) is 9.67 Å². The average Bonchev–Trinajstić information content (AvgIpc) is 2.87. The molecular formula is C13H14N4O2. The van der Waals surface area contributed by atoms with Crippen LogP contribution in [0.3, 0.4) is 0 Å². The predicted octanol–water partition coefficient (Wildman–Crippen LogP) is 1.89. The molecule has 2 heterocycles. The second-order valence-electron chi connectivity index (χ2n) is 4.07. The summed E-state index contributed by atoms with van der Waals surface area (Å²) in [6.45, 7) is 3.65. The Bertz CT molecular complexity index is 619. The van der Waals surface area contributed by atoms with Crippen LogP contribution in [0.1, 0.15) is 34.2 Å². The van der Waals surface area contributed by atoms with Crippen molar-refractivity contribution < 1.29 is 9.59 Å². The molecule has 0 fully saturated rings. The quantitative estimate of drug-likeness (QED) is 0.912. The van der Waals surface area contributed by atoms with Gasteiger partial charge in [-0.3, -0.25) is 9.59 Å². The van der Waals surface area contributed by atoms with E-state index in [-0.39, 0.29) is 17.5 Å². The molecule has 0 aliphatic carbocycles. The molecule has 1 N–H and O–H groups in total. The molecule has 0 saturated carbocycles. The Morgan fingerprint density at radius 3 is 2.84 bits per heavy atom. The van der Waals surface area contributed by atoms with Crippen LogP contribution < -0.4 is 5.32 Å². The molecule has 2 aromatic heterocycles. The minimum atomic E-state index is -0.388. The van der Waals surface area contributed by atoms with Gasteiger partial charge in [0.2, 0.25) is 5.91 Å². The van der Waals surface area contributed by atoms with Gasteiger partial charge in [-0.1, -0.05) is 6.92 Å². The average molecular weight is 258 g/mol. The first-order valence-electron chi connectivity index (χ1n) is 5.93. The van der Waals surface area contributed by atoms with E-state index in [1.807, 2.05) is 13.0 Å². The van der Waals surface area contributed by atoms with Crippen LogP contribution in [0.2, 0.25) is 0 Å². The van der Waals surface area contributed by atoms with Crippen molar-refractivity contribution in [1.82, 2.24) is 14.8 Å². The standard InChI is InChI=1S/C13H14N4O2/c1-3-12(18)17-7-5-10(16-17)13(19)15-11-8-9(2)4-6-14-11/h4-8H,3H2,1-2H3,(H,14,15,19). The molecule has 0 aromatic carbocycles. The van der Waals surface area contributed by atoms with Gasteiger partial charge < -0.3 is 5.32 Å². The van der Waals surface area contributed by atoms with Crippen molar-refractivity contribution in [3.05, 3.63) is 41.9 Å². The van der Waals surface area contributed by atoms with E-state index < -0.39 is 0 Å². The number of pyridine rings is 1. The van der Waals surface area contributed by atoms with E-state index in [2.05, 4.69) is 15.4 Å². The lowest BCUT2D eigenvalue weighted by Crippen LogP contribution is -2.16. The van der Waals surface area contributed by atoms with Crippen LogP contribution >= 0.6 is 0 Å². The largest absolute Gasteiger partial charge is 0.305 e. The van der Waals surface area contributed by atoms with Crippen molar-refractivity contribution in [2.75, 3.05) is 5.32 Å². The van der Waals surface area contributed by atoms with Gasteiger partial charge in [-0.2, -0.15) is 5.10 Å². The van der Waals surface area contributed by atoms with Crippen LogP contribution in [0.25, 0.3) is 0 Å². The van der Waals surface area contributed by atoms with Crippen molar-refractivity contribution in [2.24, 2.45) is 0 Å². The zero-order chi connectivity index (χ0) is 13.8. The van der Waals surface area contributed by atoms with Crippen molar-refractivity contribution in [2.45, 2.75) is 20.3 Å². The topological polar surface area (TPSA) is 76.9 Å². The molecule has 0 saturated heterocycles. The second kappa shape index (κ2) is 5.43. The molecule has 6 heteroatoms. The molecule has 2 rings (SSSR count). The molecule has 0 aliphatic heterocycles. The number of hydrogen-bond acceptors (Lipinski definition) is 4. The van der Waals surface area contributed by atoms with Crippen molar-refractivity contribution in [1.29, 1.82) is 0 Å². The number of hydrogen-bond donors (Lipinski definition) is 1. The minimum Gasteiger partial charge on any atom is -0.305 e. The Morgan fingerprint density at radius 1 is 1.37 bits per heavy atom. The molecule has 6 nitrogen and oxygen atoms in total. The van der Waals surface area contributed by atoms with Gasteiger partial charge in [0.25, 0.3) is 5.91 Å². The van der Waals surface area contributed by atoms with E-state index in [1.165, 1.54) is 16.9 Å². The Kier molecular flexibility index (Phi) is 3.70. The highest BCUT2D eigenvalue weighted by Gasteiger charge is 2.12. The number of rotatable bonds is 3. The van der Waals surface area contributed by atoms with Crippen LogP contribution in [-0.4, -0.2) is 26.6 Å². The number of carbonyl (C=O) groups is 2. The molecular weight excluding hydrogens is 244 g/mol. The zero-order valence-corrected chi connectivity index (χ0v) is 10.8. The summed E-state index contributed by atoms with van der Waals surface area (Å²) in [6, 6.07) is 5.09. The van der Waals surface area contributed by atoms with Gasteiger partial charge in [-0.15, -0.1) is 0 Å². The summed E-state index contributed by atoms with van der Waals surface area (Å²) in [6.07, 6.45) is 3.43. The van der Waals surface area contributed by atoms with Crippen molar-refractivity contribution in [3.8, 4) is 0 Å². The molecule has 2 aromatic rings. The maximum atomic E-state index is 11.9. The summed E-state index contributed by atoms with van der Waals surface area (Å²) in [5, 5.41) is 6.56. The van der Waals surface area contributed by atoms with E-state index in [0.717, 1.165) is 5.56 Å². The first-order chi connectivity index (χ1) is 9.10. The van der Waals surface area contributed by atoms with Gasteiger partial charge >= 0.3 is 0 Å². The molecule has 0 aliphatic rings. The van der Waals surface area contributed by atoms with Crippen molar-refractivity contribution >= 4 is 17.6 Å². The number of nitrogens with one attached hydrogen (secondary N) is 1. The Hall–Kier alpha value is -2.50. The summed E-state index contributed by atoms with van der Waals surface area (Å²) in [4.78, 5) is 27.3. The van der Waals surface area contributed by atoms with Crippen LogP contribution in [0.4, 0.5) is 5.82 Å². The fourth-order valence-electron chi connectivity index (χ4n) is 1.53. The summed E-state index contributed by atoms with van der Waals surface area (Å²) in [7, 11) is 0. The summed E-state index contributed by atoms with van der Waals surface area (Å²) < 4.78 is 1.17. The minimum absolute atomic E-state index is 0.160. The smallest absolute Gasteiger partial charge is 0.277 e. The normalized spacial score (nSPS) is 10.2. The fourth-order valence-corrected chi connectivity index (χ4v) is 1.53. The fraction of sp³-hybridized carbons (Fsp3) is 0.231. The maximum absolute atomic E-state index is 11.9. The Balaban J connectivity index is 2.12. The molecule has 19 heavy (non-hydrogen) atoms. The SMILES string of the molecule is CCC(=O)n1ccc(C(=O)Nc2cc(C)ccn2)n1. The molecule has 0 unspecified atom stereocenters. The molecule has 0 radical (unpaired) electrons. The third-order valence-corrected chi connectivity index (χ3v) is 2.54. The first-order valence-corrected chi connectivity index (χ1v) is 5.93. The lowest BCUT2D eigenvalue weighted by molar-refractivity contribution is 0.0892. The van der Waals surface area contributed by atoms with E-state index in [4.69, 9.17) is 0 Å². The molecule has 1 amide bonds. The van der Waals surface area contributed by atoms with Crippen LogP contribution in [0.15, 0.2) is 30.6 Å². The third-order valence-electron chi connectivity index (χ3n) is 2.54. The number of carbonyl (C=O) groups excluding carboxylic acids is 2. The van der Waals surface area contributed by atoms with E-state index in [1.54, 1.807) is 19.2 Å². The highest BCUT2D eigenvalue weighted by Crippen LogP contribution is 2.07. The lowest BCUT2D eigenvalue weighted by Gasteiger charge is -2.02. The highest BCUT2D eigenvalue weighted by molar-refractivity contribution is 6.02. The Morgan fingerprint density at radius 2 is 2.16 bits per heavy atom. The molecule has 98 valence electrons. The van der Waals surface area contributed by atoms with E-state index >= 15 is 0 Å². The monoisotopic (exact) mass is 258 g/mol. The summed E-state index contributed by atoms with van der Waals surface area (Å²) in [5.74, 6) is -0.0881. The lowest BCUT2D eigenvalue weighted by atomic mass is 10.3. The van der Waals surface area contributed by atoms with Gasteiger partial charge in [0.05, 0.1) is 0 Å². The van der Waals surface area contributed by atoms with Gasteiger partial charge in [0, 0.05) is 18.8 Å². The number of aryl methyl sites for hydroxylation is 1. The van der Waals surface area contributed by atoms with Crippen LogP contribution in [0, 0.1) is 6.92 Å². The number of amides is 1. The summed E-state index contributed by atoms with van der Waals surface area (Å²) in [5.41, 5.74) is 1.18.